The number of benzene rings is 3. The van der Waals surface area contributed by atoms with Gasteiger partial charge in [0.05, 0.1) is 5.56 Å². The highest BCUT2D eigenvalue weighted by Crippen LogP contribution is 2.29. The van der Waals surface area contributed by atoms with Crippen LogP contribution in [0.25, 0.3) is 21.8 Å². The van der Waals surface area contributed by atoms with Crippen molar-refractivity contribution in [3.05, 3.63) is 72.3 Å². The van der Waals surface area contributed by atoms with Crippen molar-refractivity contribution in [2.45, 2.75) is 32.9 Å². The number of rotatable bonds is 5. The van der Waals surface area contributed by atoms with Crippen LogP contribution in [0.15, 0.2) is 66.7 Å². The molecule has 0 aliphatic heterocycles. The second kappa shape index (κ2) is 8.90. The zero-order valence-electron chi connectivity index (χ0n) is 19.1. The van der Waals surface area contributed by atoms with E-state index < -0.39 is 17.7 Å². The fourth-order valence-electron chi connectivity index (χ4n) is 3.83. The van der Waals surface area contributed by atoms with Crippen LogP contribution in [0, 0.1) is 0 Å². The molecule has 174 valence electrons. The molecule has 4 aromatic rings. The van der Waals surface area contributed by atoms with Crippen molar-refractivity contribution >= 4 is 51.2 Å². The van der Waals surface area contributed by atoms with Crippen LogP contribution in [0.2, 0.25) is 0 Å². The van der Waals surface area contributed by atoms with Crippen molar-refractivity contribution in [2.24, 2.45) is 0 Å². The van der Waals surface area contributed by atoms with Crippen molar-refractivity contribution in [2.75, 3.05) is 10.6 Å². The van der Waals surface area contributed by atoms with E-state index in [4.69, 9.17) is 4.74 Å². The Hall–Kier alpha value is -4.33. The van der Waals surface area contributed by atoms with Gasteiger partial charge in [-0.2, -0.15) is 0 Å². The number of nitrogens with zero attached hydrogens (tertiary/aromatic N) is 1. The monoisotopic (exact) mass is 459 g/mol. The smallest absolute Gasteiger partial charge is 0.412 e. The molecular weight excluding hydrogens is 434 g/mol. The molecule has 0 bridgehead atoms. The highest BCUT2D eigenvalue weighted by molar-refractivity contribution is 6.09. The molecule has 0 unspecified atom stereocenters. The SMILES string of the molecule is CC(C)(C)OC(=O)Nc1cc(NC(=O)Cn2c3ccccc3c3ccccc32)cc(C(=O)O)c1. The standard InChI is InChI=1S/C26H25N3O5/c1-26(2,3)34-25(33)28-18-13-16(24(31)32)12-17(14-18)27-23(30)15-29-21-10-6-4-8-19(21)20-9-5-7-11-22(20)29/h4-14H,15H2,1-3H3,(H,27,30)(H,28,33)(H,31,32). The number of para-hydroxylation sites is 2. The number of hydrogen-bond donors (Lipinski definition) is 3. The third kappa shape index (κ3) is 5.01. The summed E-state index contributed by atoms with van der Waals surface area (Å²) in [5.74, 6) is -1.53. The maximum absolute atomic E-state index is 13.0. The van der Waals surface area contributed by atoms with Gasteiger partial charge in [0.2, 0.25) is 5.91 Å². The molecular formula is C26H25N3O5. The number of nitrogens with one attached hydrogen (secondary N) is 2. The van der Waals surface area contributed by atoms with E-state index >= 15 is 0 Å². The molecule has 0 saturated heterocycles. The summed E-state index contributed by atoms with van der Waals surface area (Å²) in [5.41, 5.74) is 1.49. The summed E-state index contributed by atoms with van der Waals surface area (Å²) in [5, 5.41) is 16.8. The summed E-state index contributed by atoms with van der Waals surface area (Å²) >= 11 is 0. The number of carboxylic acid groups (broad SMARTS) is 1. The van der Waals surface area contributed by atoms with Gasteiger partial charge in [0, 0.05) is 33.2 Å². The molecule has 0 spiro atoms. The fourth-order valence-corrected chi connectivity index (χ4v) is 3.83. The van der Waals surface area contributed by atoms with E-state index in [0.717, 1.165) is 21.8 Å². The summed E-state index contributed by atoms with van der Waals surface area (Å²) in [6, 6.07) is 19.8. The molecule has 0 fully saturated rings. The minimum Gasteiger partial charge on any atom is -0.478 e. The van der Waals surface area contributed by atoms with Gasteiger partial charge >= 0.3 is 12.1 Å². The number of fused-ring (bicyclic) bond motifs is 3. The molecule has 0 aliphatic rings. The number of carboxylic acids is 1. The normalized spacial score (nSPS) is 11.4. The number of aromatic nitrogens is 1. The Balaban J connectivity index is 1.60. The molecule has 3 N–H and O–H groups in total. The third-order valence-corrected chi connectivity index (χ3v) is 5.09. The van der Waals surface area contributed by atoms with Crippen molar-refractivity contribution in [1.82, 2.24) is 4.57 Å². The number of carbonyl (C=O) groups excluding carboxylic acids is 2. The molecule has 8 heteroatoms. The average molecular weight is 460 g/mol. The lowest BCUT2D eigenvalue weighted by atomic mass is 10.1. The van der Waals surface area contributed by atoms with Crippen molar-refractivity contribution in [3.8, 4) is 0 Å². The minimum atomic E-state index is -1.19. The van der Waals surface area contributed by atoms with Gasteiger partial charge in [0.1, 0.15) is 12.1 Å². The summed E-state index contributed by atoms with van der Waals surface area (Å²) in [6.45, 7) is 5.20. The third-order valence-electron chi connectivity index (χ3n) is 5.09. The van der Waals surface area contributed by atoms with Crippen molar-refractivity contribution < 1.29 is 24.2 Å². The maximum atomic E-state index is 13.0. The second-order valence-corrected chi connectivity index (χ2v) is 8.90. The highest BCUT2D eigenvalue weighted by Gasteiger charge is 2.18. The van der Waals surface area contributed by atoms with Gasteiger partial charge < -0.3 is 19.7 Å². The molecule has 0 atom stereocenters. The highest BCUT2D eigenvalue weighted by atomic mass is 16.6. The van der Waals surface area contributed by atoms with Gasteiger partial charge in [-0.25, -0.2) is 9.59 Å². The predicted octanol–water partition coefficient (Wildman–Crippen LogP) is 5.48. The first-order valence-electron chi connectivity index (χ1n) is 10.7. The molecule has 8 nitrogen and oxygen atoms in total. The number of hydrogen-bond acceptors (Lipinski definition) is 4. The zero-order valence-corrected chi connectivity index (χ0v) is 19.1. The van der Waals surface area contributed by atoms with Gasteiger partial charge in [0.15, 0.2) is 0 Å². The van der Waals surface area contributed by atoms with E-state index in [1.807, 2.05) is 53.1 Å². The van der Waals surface area contributed by atoms with E-state index in [0.29, 0.717) is 0 Å². The first kappa shape index (κ1) is 22.8. The molecule has 1 heterocycles. The number of anilines is 2. The topological polar surface area (TPSA) is 110 Å². The predicted molar refractivity (Wildman–Crippen MR) is 131 cm³/mol. The van der Waals surface area contributed by atoms with Crippen molar-refractivity contribution in [3.63, 3.8) is 0 Å². The van der Waals surface area contributed by atoms with Gasteiger partial charge in [0.25, 0.3) is 0 Å². The van der Waals surface area contributed by atoms with E-state index in [1.165, 1.54) is 18.2 Å². The zero-order chi connectivity index (χ0) is 24.5. The molecule has 34 heavy (non-hydrogen) atoms. The fraction of sp³-hybridized carbons (Fsp3) is 0.192. The van der Waals surface area contributed by atoms with Gasteiger partial charge in [-0.15, -0.1) is 0 Å². The minimum absolute atomic E-state index is 0.0279. The lowest BCUT2D eigenvalue weighted by Gasteiger charge is -2.20. The quantitative estimate of drug-likeness (QED) is 0.366. The van der Waals surface area contributed by atoms with Crippen LogP contribution in [-0.4, -0.2) is 33.2 Å². The Kier molecular flexibility index (Phi) is 5.98. The van der Waals surface area contributed by atoms with Crippen LogP contribution in [-0.2, 0) is 16.1 Å². The Morgan fingerprint density at radius 2 is 1.38 bits per heavy atom. The van der Waals surface area contributed by atoms with Crippen LogP contribution in [0.3, 0.4) is 0 Å². The van der Waals surface area contributed by atoms with E-state index in [9.17, 15) is 19.5 Å². The summed E-state index contributed by atoms with van der Waals surface area (Å²) in [7, 11) is 0. The van der Waals surface area contributed by atoms with E-state index in [2.05, 4.69) is 10.6 Å². The lowest BCUT2D eigenvalue weighted by Crippen LogP contribution is -2.27. The van der Waals surface area contributed by atoms with Crippen LogP contribution in [0.4, 0.5) is 16.2 Å². The molecule has 4 rings (SSSR count). The Bertz CT molecular complexity index is 1360. The number of carbonyl (C=O) groups is 3. The van der Waals surface area contributed by atoms with Crippen LogP contribution >= 0.6 is 0 Å². The van der Waals surface area contributed by atoms with Gasteiger partial charge in [-0.3, -0.25) is 10.1 Å². The summed E-state index contributed by atoms with van der Waals surface area (Å²) in [6.07, 6.45) is -0.724. The summed E-state index contributed by atoms with van der Waals surface area (Å²) in [4.78, 5) is 36.7. The molecule has 1 aromatic heterocycles. The first-order valence-corrected chi connectivity index (χ1v) is 10.7. The number of aromatic carboxylic acids is 1. The van der Waals surface area contributed by atoms with E-state index in [1.54, 1.807) is 20.8 Å². The van der Waals surface area contributed by atoms with Crippen LogP contribution in [0.1, 0.15) is 31.1 Å². The largest absolute Gasteiger partial charge is 0.478 e. The van der Waals surface area contributed by atoms with Crippen LogP contribution < -0.4 is 10.6 Å². The maximum Gasteiger partial charge on any atom is 0.412 e. The Labute approximate surface area is 196 Å². The molecule has 0 saturated carbocycles. The van der Waals surface area contributed by atoms with E-state index in [-0.39, 0.29) is 29.4 Å². The molecule has 0 radical (unpaired) electrons. The van der Waals surface area contributed by atoms with Gasteiger partial charge in [-0.05, 0) is 51.1 Å². The average Bonchev–Trinajstić information content (AvgIpc) is 3.06. The number of amides is 2. The lowest BCUT2D eigenvalue weighted by molar-refractivity contribution is -0.116. The first-order chi connectivity index (χ1) is 16.1. The molecule has 3 aromatic carbocycles. The van der Waals surface area contributed by atoms with Crippen molar-refractivity contribution in [1.29, 1.82) is 0 Å². The Morgan fingerprint density at radius 3 is 1.91 bits per heavy atom. The number of ether oxygens (including phenoxy) is 1. The molecule has 0 aliphatic carbocycles. The second-order valence-electron chi connectivity index (χ2n) is 8.90. The summed E-state index contributed by atoms with van der Waals surface area (Å²) < 4.78 is 7.14. The van der Waals surface area contributed by atoms with Crippen LogP contribution in [0.5, 0.6) is 0 Å². The molecule has 2 amide bonds. The van der Waals surface area contributed by atoms with Gasteiger partial charge in [-0.1, -0.05) is 36.4 Å². The Morgan fingerprint density at radius 1 is 0.853 bits per heavy atom.